The number of hydrogen-bond acceptors (Lipinski definition) is 4. The Morgan fingerprint density at radius 2 is 1.90 bits per heavy atom. The number of anilines is 2. The molecule has 5 nitrogen and oxygen atoms in total. The lowest BCUT2D eigenvalue weighted by atomic mass is 10.1. The fourth-order valence-corrected chi connectivity index (χ4v) is 3.05. The molecule has 112 valence electrons. The summed E-state index contributed by atoms with van der Waals surface area (Å²) >= 11 is 0. The minimum absolute atomic E-state index is 0.0646. The van der Waals surface area contributed by atoms with E-state index < -0.39 is 10.0 Å². The van der Waals surface area contributed by atoms with Crippen LogP contribution in [0.2, 0.25) is 0 Å². The zero-order chi connectivity index (χ0) is 14.4. The van der Waals surface area contributed by atoms with Crippen LogP contribution in [0.1, 0.15) is 45.4 Å². The van der Waals surface area contributed by atoms with Gasteiger partial charge in [0.05, 0.1) is 17.6 Å². The molecule has 1 aromatic heterocycles. The van der Waals surface area contributed by atoms with E-state index in [1.54, 1.807) is 19.2 Å². The smallest absolute Gasteiger partial charge is 0.232 e. The molecule has 2 N–H and O–H groups in total. The largest absolute Gasteiger partial charge is 0.367 e. The molecule has 0 aromatic carbocycles. The summed E-state index contributed by atoms with van der Waals surface area (Å²) in [4.78, 5) is 4.28. The number of pyridine rings is 1. The predicted molar refractivity (Wildman–Crippen MR) is 82.4 cm³/mol. The van der Waals surface area contributed by atoms with Gasteiger partial charge in [0, 0.05) is 6.04 Å². The lowest BCUT2D eigenvalue weighted by Gasteiger charge is -2.17. The monoisotopic (exact) mass is 297 g/mol. The number of rotatable bonds is 5. The third-order valence-corrected chi connectivity index (χ3v) is 4.93. The van der Waals surface area contributed by atoms with Crippen LogP contribution in [-0.2, 0) is 10.0 Å². The summed E-state index contributed by atoms with van der Waals surface area (Å²) in [6, 6.07) is 4.07. The van der Waals surface area contributed by atoms with Gasteiger partial charge in [-0.1, -0.05) is 25.7 Å². The highest BCUT2D eigenvalue weighted by molar-refractivity contribution is 7.92. The van der Waals surface area contributed by atoms with Gasteiger partial charge in [-0.3, -0.25) is 4.72 Å². The molecule has 0 radical (unpaired) electrons. The molecule has 1 aromatic rings. The minimum Gasteiger partial charge on any atom is -0.367 e. The standard InChI is InChI=1S/C14H23N3O2S/c1-2-20(18,19)17-13-9-10-14(15-11-13)16-12-7-5-3-4-6-8-12/h9-12,17H,2-8H2,1H3,(H,15,16). The van der Waals surface area contributed by atoms with Crippen molar-refractivity contribution < 1.29 is 8.42 Å². The van der Waals surface area contributed by atoms with Crippen LogP contribution in [0.5, 0.6) is 0 Å². The average Bonchev–Trinajstić information content (AvgIpc) is 2.69. The fourth-order valence-electron chi connectivity index (χ4n) is 2.42. The number of nitrogens with one attached hydrogen (secondary N) is 2. The van der Waals surface area contributed by atoms with Gasteiger partial charge in [-0.2, -0.15) is 0 Å². The molecule has 0 unspecified atom stereocenters. The van der Waals surface area contributed by atoms with E-state index in [1.165, 1.54) is 38.5 Å². The second kappa shape index (κ2) is 6.92. The zero-order valence-corrected chi connectivity index (χ0v) is 12.7. The topological polar surface area (TPSA) is 71.1 Å². The van der Waals surface area contributed by atoms with Crippen LogP contribution in [0.15, 0.2) is 18.3 Å². The molecule has 0 aliphatic heterocycles. The molecule has 6 heteroatoms. The summed E-state index contributed by atoms with van der Waals surface area (Å²) in [7, 11) is -3.23. The lowest BCUT2D eigenvalue weighted by Crippen LogP contribution is -2.19. The van der Waals surface area contributed by atoms with E-state index in [9.17, 15) is 8.42 Å². The fraction of sp³-hybridized carbons (Fsp3) is 0.643. The normalized spacial score (nSPS) is 17.4. The molecule has 1 saturated carbocycles. The summed E-state index contributed by atoms with van der Waals surface area (Å²) in [6.45, 7) is 1.61. The van der Waals surface area contributed by atoms with Crippen LogP contribution >= 0.6 is 0 Å². The SMILES string of the molecule is CCS(=O)(=O)Nc1ccc(NC2CCCCCC2)nc1. The van der Waals surface area contributed by atoms with Gasteiger partial charge in [-0.05, 0) is 31.9 Å². The summed E-state index contributed by atoms with van der Waals surface area (Å²) in [5.41, 5.74) is 0.512. The molecule has 20 heavy (non-hydrogen) atoms. The molecule has 0 spiro atoms. The molecule has 0 bridgehead atoms. The third-order valence-electron chi connectivity index (χ3n) is 3.62. The number of aromatic nitrogens is 1. The van der Waals surface area contributed by atoms with Crippen LogP contribution in [0.25, 0.3) is 0 Å². The van der Waals surface area contributed by atoms with Crippen LogP contribution in [0.4, 0.5) is 11.5 Å². The second-order valence-corrected chi connectivity index (χ2v) is 7.28. The van der Waals surface area contributed by atoms with E-state index >= 15 is 0 Å². The predicted octanol–water partition coefficient (Wildman–Crippen LogP) is 2.98. The number of nitrogens with zero attached hydrogens (tertiary/aromatic N) is 1. The van der Waals surface area contributed by atoms with Crippen LogP contribution in [-0.4, -0.2) is 25.2 Å². The average molecular weight is 297 g/mol. The lowest BCUT2D eigenvalue weighted by molar-refractivity contribution is 0.602. The minimum atomic E-state index is -3.23. The Labute approximate surface area is 121 Å². The maximum Gasteiger partial charge on any atom is 0.232 e. The molecule has 0 amide bonds. The maximum atomic E-state index is 11.5. The Hall–Kier alpha value is -1.30. The van der Waals surface area contributed by atoms with Gasteiger partial charge >= 0.3 is 0 Å². The molecule has 0 atom stereocenters. The van der Waals surface area contributed by atoms with E-state index in [0.717, 1.165) is 5.82 Å². The number of sulfonamides is 1. The van der Waals surface area contributed by atoms with Crippen molar-refractivity contribution in [1.29, 1.82) is 0 Å². The van der Waals surface area contributed by atoms with E-state index in [2.05, 4.69) is 15.0 Å². The van der Waals surface area contributed by atoms with Crippen molar-refractivity contribution in [1.82, 2.24) is 4.98 Å². The van der Waals surface area contributed by atoms with Gasteiger partial charge in [-0.15, -0.1) is 0 Å². The highest BCUT2D eigenvalue weighted by atomic mass is 32.2. The Bertz CT molecular complexity index is 506. The number of hydrogen-bond donors (Lipinski definition) is 2. The Kier molecular flexibility index (Phi) is 5.23. The first-order valence-corrected chi connectivity index (χ1v) is 8.97. The van der Waals surface area contributed by atoms with Crippen molar-refractivity contribution in [3.8, 4) is 0 Å². The van der Waals surface area contributed by atoms with Crippen molar-refractivity contribution in [3.05, 3.63) is 18.3 Å². The van der Waals surface area contributed by atoms with Crippen molar-refractivity contribution in [3.63, 3.8) is 0 Å². The maximum absolute atomic E-state index is 11.5. The first kappa shape index (κ1) is 15.1. The summed E-state index contributed by atoms with van der Waals surface area (Å²) < 4.78 is 25.4. The molecule has 1 aliphatic carbocycles. The first-order valence-electron chi connectivity index (χ1n) is 7.32. The highest BCUT2D eigenvalue weighted by Gasteiger charge is 2.12. The molecule has 1 fully saturated rings. The Balaban J connectivity index is 1.94. The molecule has 2 rings (SSSR count). The van der Waals surface area contributed by atoms with Gasteiger partial charge < -0.3 is 5.32 Å². The molecular weight excluding hydrogens is 274 g/mol. The molecular formula is C14H23N3O2S. The van der Waals surface area contributed by atoms with E-state index in [0.29, 0.717) is 11.7 Å². The van der Waals surface area contributed by atoms with Crippen LogP contribution < -0.4 is 10.0 Å². The quantitative estimate of drug-likeness (QED) is 0.820. The van der Waals surface area contributed by atoms with E-state index in [-0.39, 0.29) is 5.75 Å². The van der Waals surface area contributed by atoms with E-state index in [4.69, 9.17) is 0 Å². The third kappa shape index (κ3) is 4.67. The Morgan fingerprint density at radius 3 is 2.45 bits per heavy atom. The zero-order valence-electron chi connectivity index (χ0n) is 11.9. The molecule has 1 aliphatic rings. The molecule has 1 heterocycles. The first-order chi connectivity index (χ1) is 9.59. The van der Waals surface area contributed by atoms with Gasteiger partial charge in [0.15, 0.2) is 0 Å². The van der Waals surface area contributed by atoms with E-state index in [1.807, 2.05) is 6.07 Å². The van der Waals surface area contributed by atoms with Gasteiger partial charge in [0.1, 0.15) is 5.82 Å². The van der Waals surface area contributed by atoms with Crippen LogP contribution in [0, 0.1) is 0 Å². The highest BCUT2D eigenvalue weighted by Crippen LogP contribution is 2.21. The van der Waals surface area contributed by atoms with Gasteiger partial charge in [0.2, 0.25) is 10.0 Å². The van der Waals surface area contributed by atoms with Crippen molar-refractivity contribution >= 4 is 21.5 Å². The summed E-state index contributed by atoms with van der Waals surface area (Å²) in [6.07, 6.45) is 9.12. The van der Waals surface area contributed by atoms with Gasteiger partial charge in [0.25, 0.3) is 0 Å². The van der Waals surface area contributed by atoms with Crippen molar-refractivity contribution in [2.24, 2.45) is 0 Å². The Morgan fingerprint density at radius 1 is 1.20 bits per heavy atom. The van der Waals surface area contributed by atoms with Crippen LogP contribution in [0.3, 0.4) is 0 Å². The van der Waals surface area contributed by atoms with Gasteiger partial charge in [-0.25, -0.2) is 13.4 Å². The summed E-state index contributed by atoms with van der Waals surface area (Å²) in [5.74, 6) is 0.881. The summed E-state index contributed by atoms with van der Waals surface area (Å²) in [5, 5.41) is 3.44. The van der Waals surface area contributed by atoms with Crippen molar-refractivity contribution in [2.45, 2.75) is 51.5 Å². The van der Waals surface area contributed by atoms with Crippen molar-refractivity contribution in [2.75, 3.05) is 15.8 Å². The molecule has 0 saturated heterocycles. The second-order valence-electron chi connectivity index (χ2n) is 5.27.